The molecule has 2 amide bonds. The molecule has 0 aliphatic carbocycles. The molecule has 20 heavy (non-hydrogen) atoms. The zero-order valence-corrected chi connectivity index (χ0v) is 11.4. The highest BCUT2D eigenvalue weighted by Gasteiger charge is 2.34. The van der Waals surface area contributed by atoms with Gasteiger partial charge < -0.3 is 4.98 Å². The Balaban J connectivity index is 1.79. The molecule has 2 aromatic rings. The fraction of sp³-hybridized carbons (Fsp3) is 0.267. The zero-order chi connectivity index (χ0) is 14.3. The zero-order valence-electron chi connectivity index (χ0n) is 11.4. The molecule has 1 aromatic carbocycles. The Kier molecular flexibility index (Phi) is 2.89. The number of hydrogen-bond donors (Lipinski definition) is 1. The number of imide groups is 1. The molecule has 102 valence electrons. The van der Waals surface area contributed by atoms with Crippen LogP contribution in [0.25, 0.3) is 0 Å². The third-order valence-electron chi connectivity index (χ3n) is 3.55. The molecule has 0 saturated heterocycles. The molecule has 1 aromatic heterocycles. The maximum absolute atomic E-state index is 12.2. The summed E-state index contributed by atoms with van der Waals surface area (Å²) in [4.78, 5) is 33.2. The fourth-order valence-electron chi connectivity index (χ4n) is 2.56. The van der Waals surface area contributed by atoms with Crippen LogP contribution in [0.1, 0.15) is 37.9 Å². The van der Waals surface area contributed by atoms with E-state index in [9.17, 15) is 9.59 Å². The first kappa shape index (κ1) is 12.6. The van der Waals surface area contributed by atoms with Gasteiger partial charge in [-0.25, -0.2) is 4.98 Å². The van der Waals surface area contributed by atoms with Crippen molar-refractivity contribution in [3.8, 4) is 0 Å². The number of carbonyl (C=O) groups is 2. The highest BCUT2D eigenvalue weighted by atomic mass is 16.2. The Hall–Kier alpha value is -2.43. The van der Waals surface area contributed by atoms with Crippen molar-refractivity contribution >= 4 is 11.8 Å². The average Bonchev–Trinajstić information content (AvgIpc) is 2.87. The number of H-pyrrole nitrogens is 1. The van der Waals surface area contributed by atoms with Crippen molar-refractivity contribution in [2.75, 3.05) is 6.54 Å². The predicted octanol–water partition coefficient (Wildman–Crippen LogP) is 1.87. The third-order valence-corrected chi connectivity index (χ3v) is 3.55. The Morgan fingerprint density at radius 2 is 1.70 bits per heavy atom. The number of aryl methyl sites for hydroxylation is 2. The summed E-state index contributed by atoms with van der Waals surface area (Å²) in [6.45, 7) is 4.19. The largest absolute Gasteiger partial charge is 0.346 e. The normalized spacial score (nSPS) is 14.0. The molecule has 0 bridgehead atoms. The van der Waals surface area contributed by atoms with Crippen LogP contribution in [0.15, 0.2) is 24.3 Å². The molecule has 1 aliphatic heterocycles. The summed E-state index contributed by atoms with van der Waals surface area (Å²) in [5, 5.41) is 0. The number of benzene rings is 1. The van der Waals surface area contributed by atoms with Crippen LogP contribution in [0.5, 0.6) is 0 Å². The summed E-state index contributed by atoms with van der Waals surface area (Å²) in [6.07, 6.45) is 0.571. The smallest absolute Gasteiger partial charge is 0.261 e. The van der Waals surface area contributed by atoms with Crippen molar-refractivity contribution < 1.29 is 9.59 Å². The van der Waals surface area contributed by atoms with E-state index in [0.717, 1.165) is 17.2 Å². The molecular formula is C15H15N3O2. The van der Waals surface area contributed by atoms with Gasteiger partial charge in [-0.1, -0.05) is 12.1 Å². The molecular weight excluding hydrogens is 254 g/mol. The maximum Gasteiger partial charge on any atom is 0.261 e. The fourth-order valence-corrected chi connectivity index (χ4v) is 2.56. The highest BCUT2D eigenvalue weighted by molar-refractivity contribution is 6.21. The number of amides is 2. The van der Waals surface area contributed by atoms with Crippen LogP contribution >= 0.6 is 0 Å². The van der Waals surface area contributed by atoms with Crippen LogP contribution in [-0.2, 0) is 6.42 Å². The van der Waals surface area contributed by atoms with Crippen molar-refractivity contribution in [3.05, 3.63) is 52.6 Å². The Labute approximate surface area is 116 Å². The van der Waals surface area contributed by atoms with Crippen LogP contribution < -0.4 is 0 Å². The summed E-state index contributed by atoms with van der Waals surface area (Å²) in [5.41, 5.74) is 2.87. The van der Waals surface area contributed by atoms with E-state index in [1.54, 1.807) is 24.3 Å². The number of hydrogen-bond acceptors (Lipinski definition) is 3. The van der Waals surface area contributed by atoms with E-state index in [0.29, 0.717) is 24.1 Å². The molecule has 1 aliphatic rings. The van der Waals surface area contributed by atoms with E-state index in [1.807, 2.05) is 13.8 Å². The Morgan fingerprint density at radius 3 is 2.20 bits per heavy atom. The van der Waals surface area contributed by atoms with Gasteiger partial charge >= 0.3 is 0 Å². The molecule has 0 unspecified atom stereocenters. The monoisotopic (exact) mass is 269 g/mol. The van der Waals surface area contributed by atoms with Crippen molar-refractivity contribution in [2.24, 2.45) is 0 Å². The van der Waals surface area contributed by atoms with Gasteiger partial charge in [0.15, 0.2) is 0 Å². The summed E-state index contributed by atoms with van der Waals surface area (Å²) in [5.74, 6) is 0.422. The topological polar surface area (TPSA) is 66.1 Å². The Morgan fingerprint density at radius 1 is 1.10 bits per heavy atom. The number of aromatic nitrogens is 2. The number of carbonyl (C=O) groups excluding carboxylic acids is 2. The minimum Gasteiger partial charge on any atom is -0.346 e. The predicted molar refractivity (Wildman–Crippen MR) is 73.6 cm³/mol. The lowest BCUT2D eigenvalue weighted by atomic mass is 10.1. The van der Waals surface area contributed by atoms with Crippen LogP contribution in [-0.4, -0.2) is 33.2 Å². The quantitative estimate of drug-likeness (QED) is 0.865. The van der Waals surface area contributed by atoms with Gasteiger partial charge in [-0.05, 0) is 26.0 Å². The molecule has 3 rings (SSSR count). The van der Waals surface area contributed by atoms with Gasteiger partial charge in [-0.15, -0.1) is 0 Å². The van der Waals surface area contributed by atoms with Crippen LogP contribution in [0.3, 0.4) is 0 Å². The molecule has 2 heterocycles. The first-order chi connectivity index (χ1) is 9.58. The molecule has 5 nitrogen and oxygen atoms in total. The summed E-state index contributed by atoms with van der Waals surface area (Å²) >= 11 is 0. The molecule has 0 spiro atoms. The first-order valence-corrected chi connectivity index (χ1v) is 6.55. The van der Waals surface area contributed by atoms with Gasteiger partial charge in [0.05, 0.1) is 16.8 Å². The summed E-state index contributed by atoms with van der Waals surface area (Å²) in [6, 6.07) is 6.93. The van der Waals surface area contributed by atoms with Crippen molar-refractivity contribution in [3.63, 3.8) is 0 Å². The van der Waals surface area contributed by atoms with Gasteiger partial charge in [-0.2, -0.15) is 0 Å². The second-order valence-corrected chi connectivity index (χ2v) is 4.95. The number of nitrogens with one attached hydrogen (secondary N) is 1. The van der Waals surface area contributed by atoms with Crippen LogP contribution in [0.2, 0.25) is 0 Å². The number of fused-ring (bicyclic) bond motifs is 1. The number of nitrogens with zero attached hydrogens (tertiary/aromatic N) is 2. The summed E-state index contributed by atoms with van der Waals surface area (Å²) in [7, 11) is 0. The van der Waals surface area contributed by atoms with Crippen molar-refractivity contribution in [1.29, 1.82) is 0 Å². The number of imidazole rings is 1. The minimum atomic E-state index is -0.212. The van der Waals surface area contributed by atoms with Gasteiger partial charge in [-0.3, -0.25) is 14.5 Å². The van der Waals surface area contributed by atoms with E-state index >= 15 is 0 Å². The van der Waals surface area contributed by atoms with E-state index in [-0.39, 0.29) is 11.8 Å². The van der Waals surface area contributed by atoms with E-state index in [1.165, 1.54) is 4.90 Å². The van der Waals surface area contributed by atoms with E-state index < -0.39 is 0 Å². The van der Waals surface area contributed by atoms with E-state index in [4.69, 9.17) is 0 Å². The molecule has 1 N–H and O–H groups in total. The molecule has 0 saturated carbocycles. The standard InChI is InChI=1S/C15H15N3O2/c1-9-13(17-10(2)16-9)7-8-18-14(19)11-5-3-4-6-12(11)15(18)20/h3-6H,7-8H2,1-2H3,(H,16,17). The van der Waals surface area contributed by atoms with Gasteiger partial charge in [0.1, 0.15) is 5.82 Å². The number of rotatable bonds is 3. The molecule has 0 radical (unpaired) electrons. The second-order valence-electron chi connectivity index (χ2n) is 4.95. The Bertz CT molecular complexity index is 668. The SMILES string of the molecule is Cc1nc(CCN2C(=O)c3ccccc3C2=O)c(C)[nH]1. The molecule has 0 atom stereocenters. The lowest BCUT2D eigenvalue weighted by Gasteiger charge is -2.12. The average molecular weight is 269 g/mol. The lowest BCUT2D eigenvalue weighted by Crippen LogP contribution is -2.31. The van der Waals surface area contributed by atoms with Gasteiger partial charge in [0, 0.05) is 18.7 Å². The number of aromatic amines is 1. The maximum atomic E-state index is 12.2. The van der Waals surface area contributed by atoms with Gasteiger partial charge in [0.2, 0.25) is 0 Å². The van der Waals surface area contributed by atoms with Gasteiger partial charge in [0.25, 0.3) is 11.8 Å². The van der Waals surface area contributed by atoms with Crippen molar-refractivity contribution in [1.82, 2.24) is 14.9 Å². The second kappa shape index (κ2) is 4.59. The highest BCUT2D eigenvalue weighted by Crippen LogP contribution is 2.22. The minimum absolute atomic E-state index is 0.212. The van der Waals surface area contributed by atoms with Crippen molar-refractivity contribution in [2.45, 2.75) is 20.3 Å². The molecule has 0 fully saturated rings. The van der Waals surface area contributed by atoms with Crippen LogP contribution in [0.4, 0.5) is 0 Å². The van der Waals surface area contributed by atoms with Crippen LogP contribution in [0, 0.1) is 13.8 Å². The first-order valence-electron chi connectivity index (χ1n) is 6.55. The van der Waals surface area contributed by atoms with E-state index in [2.05, 4.69) is 9.97 Å². The lowest BCUT2D eigenvalue weighted by molar-refractivity contribution is 0.0656. The molecule has 5 heteroatoms. The summed E-state index contributed by atoms with van der Waals surface area (Å²) < 4.78 is 0. The third kappa shape index (κ3) is 1.91.